The van der Waals surface area contributed by atoms with Crippen molar-refractivity contribution in [3.63, 3.8) is 0 Å². The predicted molar refractivity (Wildman–Crippen MR) is 89.0 cm³/mol. The summed E-state index contributed by atoms with van der Waals surface area (Å²) in [5.74, 6) is 2.91. The first-order chi connectivity index (χ1) is 10.3. The van der Waals surface area contributed by atoms with Gasteiger partial charge in [-0.15, -0.1) is 6.42 Å². The zero-order valence-corrected chi connectivity index (χ0v) is 12.4. The van der Waals surface area contributed by atoms with E-state index in [1.165, 1.54) is 11.1 Å². The number of nitrogens with one attached hydrogen (secondary N) is 1. The molecule has 0 saturated heterocycles. The molecule has 0 heterocycles. The standard InChI is InChI=1S/C19H22N2/c1-3-15(2)21-18(14-20)19(16-10-6-4-7-11-16)17-12-8-5-9-13-17/h1,4-13,15,18-19,21H,14,20H2,2H3. The third kappa shape index (κ3) is 3.95. The molecule has 0 radical (unpaired) electrons. The normalized spacial score (nSPS) is 13.6. The number of hydrogen-bond donors (Lipinski definition) is 2. The van der Waals surface area contributed by atoms with E-state index in [0.717, 1.165) is 0 Å². The van der Waals surface area contributed by atoms with E-state index in [2.05, 4.69) is 59.8 Å². The number of terminal acetylenes is 1. The molecule has 0 spiro atoms. The molecule has 2 atom stereocenters. The Labute approximate surface area is 127 Å². The molecular weight excluding hydrogens is 256 g/mol. The van der Waals surface area contributed by atoms with Crippen LogP contribution in [0.4, 0.5) is 0 Å². The molecule has 21 heavy (non-hydrogen) atoms. The minimum absolute atomic E-state index is 0.00604. The Balaban J connectivity index is 2.38. The SMILES string of the molecule is C#CC(C)NC(CN)C(c1ccccc1)c1ccccc1. The van der Waals surface area contributed by atoms with E-state index < -0.39 is 0 Å². The molecule has 2 unspecified atom stereocenters. The van der Waals surface area contributed by atoms with Crippen molar-refractivity contribution in [3.05, 3.63) is 71.8 Å². The second-order valence-electron chi connectivity index (χ2n) is 5.20. The van der Waals surface area contributed by atoms with Gasteiger partial charge in [-0.1, -0.05) is 66.6 Å². The maximum Gasteiger partial charge on any atom is 0.0661 e. The van der Waals surface area contributed by atoms with Crippen molar-refractivity contribution < 1.29 is 0 Å². The van der Waals surface area contributed by atoms with Gasteiger partial charge in [-0.05, 0) is 18.1 Å². The smallest absolute Gasteiger partial charge is 0.0661 e. The molecule has 0 saturated carbocycles. The molecule has 0 aliphatic heterocycles. The van der Waals surface area contributed by atoms with E-state index in [9.17, 15) is 0 Å². The van der Waals surface area contributed by atoms with Crippen LogP contribution < -0.4 is 11.1 Å². The number of hydrogen-bond acceptors (Lipinski definition) is 2. The van der Waals surface area contributed by atoms with Gasteiger partial charge >= 0.3 is 0 Å². The number of rotatable bonds is 6. The molecule has 0 fully saturated rings. The van der Waals surface area contributed by atoms with E-state index in [-0.39, 0.29) is 18.0 Å². The lowest BCUT2D eigenvalue weighted by molar-refractivity contribution is 0.457. The fourth-order valence-corrected chi connectivity index (χ4v) is 2.65. The van der Waals surface area contributed by atoms with E-state index in [1.54, 1.807) is 0 Å². The zero-order valence-electron chi connectivity index (χ0n) is 12.4. The van der Waals surface area contributed by atoms with Crippen LogP contribution in [0, 0.1) is 12.3 Å². The highest BCUT2D eigenvalue weighted by Gasteiger charge is 2.24. The molecule has 2 heteroatoms. The molecule has 2 aromatic rings. The van der Waals surface area contributed by atoms with Crippen LogP contribution in [0.25, 0.3) is 0 Å². The molecule has 2 nitrogen and oxygen atoms in total. The van der Waals surface area contributed by atoms with Crippen molar-refractivity contribution in [2.24, 2.45) is 5.73 Å². The van der Waals surface area contributed by atoms with Crippen LogP contribution in [0.3, 0.4) is 0 Å². The Hall–Kier alpha value is -2.08. The van der Waals surface area contributed by atoms with Gasteiger partial charge in [0.25, 0.3) is 0 Å². The Morgan fingerprint density at radius 2 is 1.48 bits per heavy atom. The monoisotopic (exact) mass is 278 g/mol. The summed E-state index contributed by atoms with van der Waals surface area (Å²) in [5, 5.41) is 3.45. The lowest BCUT2D eigenvalue weighted by atomic mass is 9.84. The highest BCUT2D eigenvalue weighted by molar-refractivity contribution is 5.34. The molecular formula is C19H22N2. The third-order valence-electron chi connectivity index (χ3n) is 3.69. The summed E-state index contributed by atoms with van der Waals surface area (Å²) in [7, 11) is 0. The molecule has 0 aliphatic carbocycles. The Morgan fingerprint density at radius 1 is 1.00 bits per heavy atom. The fourth-order valence-electron chi connectivity index (χ4n) is 2.65. The second kappa shape index (κ2) is 7.64. The Bertz CT molecular complexity index is 532. The van der Waals surface area contributed by atoms with Crippen molar-refractivity contribution in [1.29, 1.82) is 0 Å². The summed E-state index contributed by atoms with van der Waals surface area (Å²) >= 11 is 0. The van der Waals surface area contributed by atoms with Crippen molar-refractivity contribution >= 4 is 0 Å². The topological polar surface area (TPSA) is 38.0 Å². The zero-order chi connectivity index (χ0) is 15.1. The van der Waals surface area contributed by atoms with Crippen LogP contribution in [-0.2, 0) is 0 Å². The maximum absolute atomic E-state index is 6.02. The predicted octanol–water partition coefficient (Wildman–Crippen LogP) is 2.76. The molecule has 2 aromatic carbocycles. The quantitative estimate of drug-likeness (QED) is 0.797. The summed E-state index contributed by atoms with van der Waals surface area (Å²) in [4.78, 5) is 0. The van der Waals surface area contributed by atoms with Crippen LogP contribution >= 0.6 is 0 Å². The van der Waals surface area contributed by atoms with Gasteiger partial charge in [-0.25, -0.2) is 0 Å². The van der Waals surface area contributed by atoms with Crippen LogP contribution in [0.1, 0.15) is 24.0 Å². The van der Waals surface area contributed by atoms with Gasteiger partial charge in [0.15, 0.2) is 0 Å². The van der Waals surface area contributed by atoms with Crippen molar-refractivity contribution in [3.8, 4) is 12.3 Å². The molecule has 2 rings (SSSR count). The van der Waals surface area contributed by atoms with E-state index in [4.69, 9.17) is 12.2 Å². The largest absolute Gasteiger partial charge is 0.329 e. The summed E-state index contributed by atoms with van der Waals surface area (Å²) in [6.45, 7) is 2.51. The van der Waals surface area contributed by atoms with E-state index in [0.29, 0.717) is 6.54 Å². The highest BCUT2D eigenvalue weighted by Crippen LogP contribution is 2.27. The first kappa shape index (κ1) is 15.3. The van der Waals surface area contributed by atoms with Crippen LogP contribution in [0.5, 0.6) is 0 Å². The average molecular weight is 278 g/mol. The minimum Gasteiger partial charge on any atom is -0.329 e. The van der Waals surface area contributed by atoms with Crippen LogP contribution in [-0.4, -0.2) is 18.6 Å². The molecule has 0 aromatic heterocycles. The van der Waals surface area contributed by atoms with Gasteiger partial charge in [0.2, 0.25) is 0 Å². The van der Waals surface area contributed by atoms with Gasteiger partial charge in [-0.3, -0.25) is 5.32 Å². The van der Waals surface area contributed by atoms with Crippen LogP contribution in [0.15, 0.2) is 60.7 Å². The van der Waals surface area contributed by atoms with E-state index >= 15 is 0 Å². The summed E-state index contributed by atoms with van der Waals surface area (Å²) in [6, 6.07) is 21.0. The van der Waals surface area contributed by atoms with Gasteiger partial charge in [0.05, 0.1) is 6.04 Å². The minimum atomic E-state index is -0.00604. The Kier molecular flexibility index (Phi) is 5.57. The summed E-state index contributed by atoms with van der Waals surface area (Å²) < 4.78 is 0. The molecule has 0 bridgehead atoms. The van der Waals surface area contributed by atoms with Gasteiger partial charge in [-0.2, -0.15) is 0 Å². The lowest BCUT2D eigenvalue weighted by Gasteiger charge is -2.29. The van der Waals surface area contributed by atoms with Crippen molar-refractivity contribution in [2.75, 3.05) is 6.54 Å². The van der Waals surface area contributed by atoms with Gasteiger partial charge < -0.3 is 5.73 Å². The van der Waals surface area contributed by atoms with Crippen molar-refractivity contribution in [2.45, 2.75) is 24.9 Å². The molecule has 3 N–H and O–H groups in total. The molecule has 0 amide bonds. The van der Waals surface area contributed by atoms with Gasteiger partial charge in [0, 0.05) is 18.5 Å². The first-order valence-corrected chi connectivity index (χ1v) is 7.28. The van der Waals surface area contributed by atoms with Crippen LogP contribution in [0.2, 0.25) is 0 Å². The average Bonchev–Trinajstić information content (AvgIpc) is 2.56. The number of benzene rings is 2. The lowest BCUT2D eigenvalue weighted by Crippen LogP contribution is -2.45. The maximum atomic E-state index is 6.02. The highest BCUT2D eigenvalue weighted by atomic mass is 15.0. The summed E-state index contributed by atoms with van der Waals surface area (Å²) in [5.41, 5.74) is 8.51. The van der Waals surface area contributed by atoms with E-state index in [1.807, 2.05) is 19.1 Å². The van der Waals surface area contributed by atoms with Crippen molar-refractivity contribution in [1.82, 2.24) is 5.32 Å². The third-order valence-corrected chi connectivity index (χ3v) is 3.69. The Morgan fingerprint density at radius 3 is 1.86 bits per heavy atom. The molecule has 0 aliphatic rings. The number of nitrogens with two attached hydrogens (primary N) is 1. The first-order valence-electron chi connectivity index (χ1n) is 7.28. The second-order valence-corrected chi connectivity index (χ2v) is 5.20. The molecule has 108 valence electrons. The fraction of sp³-hybridized carbons (Fsp3) is 0.263. The van der Waals surface area contributed by atoms with Gasteiger partial charge in [0.1, 0.15) is 0 Å². The summed E-state index contributed by atoms with van der Waals surface area (Å²) in [6.07, 6.45) is 5.50.